The standard InChI is InChI=1S/C26H24N4O/c1-17(2)30(19-9-5-4-6-10-19)24(31)16-29-23-14-13-18(3)15-20(23)25-26(29)28-22-12-8-7-11-21(22)27-25/h4-15,17H,16H2,1-3H3. The van der Waals surface area contributed by atoms with E-state index >= 15 is 0 Å². The van der Waals surface area contributed by atoms with Gasteiger partial charge in [-0.15, -0.1) is 0 Å². The van der Waals surface area contributed by atoms with Crippen molar-refractivity contribution in [3.05, 3.63) is 78.4 Å². The number of fused-ring (bicyclic) bond motifs is 4. The van der Waals surface area contributed by atoms with E-state index in [4.69, 9.17) is 9.97 Å². The van der Waals surface area contributed by atoms with Gasteiger partial charge in [-0.05, 0) is 57.2 Å². The number of anilines is 1. The maximum absolute atomic E-state index is 13.5. The fourth-order valence-electron chi connectivity index (χ4n) is 4.24. The van der Waals surface area contributed by atoms with E-state index in [1.54, 1.807) is 0 Å². The molecular formula is C26H24N4O. The molecule has 154 valence electrons. The summed E-state index contributed by atoms with van der Waals surface area (Å²) >= 11 is 0. The number of rotatable bonds is 4. The monoisotopic (exact) mass is 408 g/mol. The number of carbonyl (C=O) groups excluding carboxylic acids is 1. The van der Waals surface area contributed by atoms with Crippen LogP contribution in [0, 0.1) is 6.92 Å². The third-order valence-corrected chi connectivity index (χ3v) is 5.62. The lowest BCUT2D eigenvalue weighted by Gasteiger charge is -2.27. The zero-order chi connectivity index (χ0) is 21.5. The lowest BCUT2D eigenvalue weighted by atomic mass is 10.1. The van der Waals surface area contributed by atoms with Crippen molar-refractivity contribution in [1.82, 2.24) is 14.5 Å². The first-order chi connectivity index (χ1) is 15.0. The summed E-state index contributed by atoms with van der Waals surface area (Å²) in [6.07, 6.45) is 0. The first-order valence-corrected chi connectivity index (χ1v) is 10.6. The quantitative estimate of drug-likeness (QED) is 0.395. The fourth-order valence-corrected chi connectivity index (χ4v) is 4.24. The Balaban J connectivity index is 1.69. The first-order valence-electron chi connectivity index (χ1n) is 10.6. The SMILES string of the molecule is Cc1ccc2c(c1)c1nc3ccccc3nc1n2CC(=O)N(c1ccccc1)C(C)C. The van der Waals surface area contributed by atoms with E-state index in [9.17, 15) is 4.79 Å². The largest absolute Gasteiger partial charge is 0.314 e. The van der Waals surface area contributed by atoms with Crippen LogP contribution in [0.5, 0.6) is 0 Å². The molecule has 0 aliphatic rings. The molecule has 0 saturated carbocycles. The predicted octanol–water partition coefficient (Wildman–Crippen LogP) is 5.49. The molecule has 0 saturated heterocycles. The minimum absolute atomic E-state index is 0.0236. The second-order valence-corrected chi connectivity index (χ2v) is 8.18. The van der Waals surface area contributed by atoms with Gasteiger partial charge in [-0.25, -0.2) is 9.97 Å². The van der Waals surface area contributed by atoms with Crippen LogP contribution in [-0.2, 0) is 11.3 Å². The highest BCUT2D eigenvalue weighted by Crippen LogP contribution is 2.29. The van der Waals surface area contributed by atoms with Crippen molar-refractivity contribution >= 4 is 44.7 Å². The Hall–Kier alpha value is -3.73. The number of hydrogen-bond acceptors (Lipinski definition) is 3. The molecule has 0 unspecified atom stereocenters. The van der Waals surface area contributed by atoms with Gasteiger partial charge in [0.05, 0.1) is 16.6 Å². The number of carbonyl (C=O) groups is 1. The Labute approximate surface area is 181 Å². The molecule has 1 amide bonds. The molecule has 3 aromatic carbocycles. The van der Waals surface area contributed by atoms with E-state index in [0.29, 0.717) is 0 Å². The molecule has 0 aliphatic carbocycles. The van der Waals surface area contributed by atoms with E-state index < -0.39 is 0 Å². The molecule has 31 heavy (non-hydrogen) atoms. The van der Waals surface area contributed by atoms with Crippen LogP contribution in [-0.4, -0.2) is 26.5 Å². The highest BCUT2D eigenvalue weighted by molar-refractivity contribution is 6.08. The molecule has 0 fully saturated rings. The summed E-state index contributed by atoms with van der Waals surface area (Å²) in [6, 6.07) is 24.0. The van der Waals surface area contributed by atoms with Gasteiger partial charge in [-0.2, -0.15) is 0 Å². The molecule has 0 N–H and O–H groups in total. The Morgan fingerprint density at radius 2 is 1.61 bits per heavy atom. The van der Waals surface area contributed by atoms with Crippen LogP contribution in [0.4, 0.5) is 5.69 Å². The van der Waals surface area contributed by atoms with Crippen molar-refractivity contribution in [2.24, 2.45) is 0 Å². The molecule has 2 heterocycles. The van der Waals surface area contributed by atoms with E-state index in [-0.39, 0.29) is 18.5 Å². The maximum atomic E-state index is 13.5. The molecule has 0 aliphatic heterocycles. The van der Waals surface area contributed by atoms with Gasteiger partial charge >= 0.3 is 0 Å². The van der Waals surface area contributed by atoms with Crippen LogP contribution in [0.3, 0.4) is 0 Å². The highest BCUT2D eigenvalue weighted by Gasteiger charge is 2.22. The first kappa shape index (κ1) is 19.2. The molecule has 0 radical (unpaired) electrons. The third kappa shape index (κ3) is 3.32. The van der Waals surface area contributed by atoms with Gasteiger partial charge in [0.2, 0.25) is 5.91 Å². The summed E-state index contributed by atoms with van der Waals surface area (Å²) in [5.41, 5.74) is 6.28. The average molecular weight is 409 g/mol. The summed E-state index contributed by atoms with van der Waals surface area (Å²) in [4.78, 5) is 25.2. The van der Waals surface area contributed by atoms with Gasteiger partial charge in [0.25, 0.3) is 0 Å². The Morgan fingerprint density at radius 3 is 2.32 bits per heavy atom. The number of aryl methyl sites for hydroxylation is 1. The van der Waals surface area contributed by atoms with Crippen LogP contribution in [0.1, 0.15) is 19.4 Å². The summed E-state index contributed by atoms with van der Waals surface area (Å²) < 4.78 is 2.00. The Kier molecular flexibility index (Phi) is 4.66. The summed E-state index contributed by atoms with van der Waals surface area (Å²) in [7, 11) is 0. The Bertz CT molecular complexity index is 1420. The normalized spacial score (nSPS) is 11.6. The van der Waals surface area contributed by atoms with E-state index in [1.165, 1.54) is 0 Å². The molecule has 5 nitrogen and oxygen atoms in total. The van der Waals surface area contributed by atoms with Crippen molar-refractivity contribution in [1.29, 1.82) is 0 Å². The van der Waals surface area contributed by atoms with Crippen LogP contribution >= 0.6 is 0 Å². The van der Waals surface area contributed by atoms with Crippen LogP contribution < -0.4 is 4.90 Å². The van der Waals surface area contributed by atoms with Gasteiger partial charge in [0.1, 0.15) is 12.1 Å². The van der Waals surface area contributed by atoms with Crippen LogP contribution in [0.2, 0.25) is 0 Å². The van der Waals surface area contributed by atoms with Gasteiger partial charge in [-0.3, -0.25) is 4.79 Å². The number of hydrogen-bond donors (Lipinski definition) is 0. The van der Waals surface area contributed by atoms with Crippen molar-refractivity contribution in [2.75, 3.05) is 4.90 Å². The molecule has 5 aromatic rings. The maximum Gasteiger partial charge on any atom is 0.247 e. The number of benzene rings is 3. The minimum Gasteiger partial charge on any atom is -0.314 e. The van der Waals surface area contributed by atoms with E-state index in [2.05, 4.69) is 25.1 Å². The number of nitrogens with zero attached hydrogens (tertiary/aromatic N) is 4. The number of aromatic nitrogens is 3. The molecular weight excluding hydrogens is 384 g/mol. The summed E-state index contributed by atoms with van der Waals surface area (Å²) in [5, 5.41) is 1.02. The van der Waals surface area contributed by atoms with E-state index in [1.807, 2.05) is 77.9 Å². The second-order valence-electron chi connectivity index (χ2n) is 8.18. The zero-order valence-electron chi connectivity index (χ0n) is 17.9. The second kappa shape index (κ2) is 7.51. The third-order valence-electron chi connectivity index (χ3n) is 5.62. The van der Waals surface area contributed by atoms with Crippen LogP contribution in [0.25, 0.3) is 33.1 Å². The molecule has 5 rings (SSSR count). The molecule has 0 bridgehead atoms. The van der Waals surface area contributed by atoms with Crippen LogP contribution in [0.15, 0.2) is 72.8 Å². The van der Waals surface area contributed by atoms with Gasteiger partial charge in [0, 0.05) is 17.1 Å². The number of amides is 1. The lowest BCUT2D eigenvalue weighted by molar-refractivity contribution is -0.119. The average Bonchev–Trinajstić information content (AvgIpc) is 3.04. The molecule has 0 atom stereocenters. The lowest BCUT2D eigenvalue weighted by Crippen LogP contribution is -2.39. The summed E-state index contributed by atoms with van der Waals surface area (Å²) in [6.45, 7) is 6.34. The smallest absolute Gasteiger partial charge is 0.247 e. The highest BCUT2D eigenvalue weighted by atomic mass is 16.2. The van der Waals surface area contributed by atoms with Gasteiger partial charge in [-0.1, -0.05) is 42.0 Å². The van der Waals surface area contributed by atoms with Gasteiger partial charge in [0.15, 0.2) is 5.65 Å². The van der Waals surface area contributed by atoms with E-state index in [0.717, 1.165) is 44.4 Å². The van der Waals surface area contributed by atoms with Gasteiger partial charge < -0.3 is 9.47 Å². The molecule has 2 aromatic heterocycles. The fraction of sp³-hybridized carbons (Fsp3) is 0.192. The van der Waals surface area contributed by atoms with Crippen molar-refractivity contribution in [3.63, 3.8) is 0 Å². The molecule has 0 spiro atoms. The summed E-state index contributed by atoms with van der Waals surface area (Å²) in [5.74, 6) is 0.0236. The minimum atomic E-state index is 0.0236. The van der Waals surface area contributed by atoms with Crippen molar-refractivity contribution in [3.8, 4) is 0 Å². The predicted molar refractivity (Wildman–Crippen MR) is 126 cm³/mol. The zero-order valence-corrected chi connectivity index (χ0v) is 17.9. The Morgan fingerprint density at radius 1 is 0.935 bits per heavy atom. The van der Waals surface area contributed by atoms with Crippen molar-refractivity contribution in [2.45, 2.75) is 33.4 Å². The molecule has 5 heteroatoms. The number of para-hydroxylation sites is 3. The topological polar surface area (TPSA) is 51.0 Å². The van der Waals surface area contributed by atoms with Crippen molar-refractivity contribution < 1.29 is 4.79 Å².